The minimum absolute atomic E-state index is 0.00864. The smallest absolute Gasteiger partial charge is 0.303 e. The number of carboxylic acid groups (broad SMARTS) is 1. The molecular formula is C13H17F2NO4S. The summed E-state index contributed by atoms with van der Waals surface area (Å²) in [5.74, 6) is -3.40. The molecule has 8 heteroatoms. The van der Waals surface area contributed by atoms with Gasteiger partial charge in [-0.2, -0.15) is 4.31 Å². The fourth-order valence-electron chi connectivity index (χ4n) is 1.81. The minimum Gasteiger partial charge on any atom is -0.481 e. The van der Waals surface area contributed by atoms with Gasteiger partial charge in [0.2, 0.25) is 10.0 Å². The highest BCUT2D eigenvalue weighted by Gasteiger charge is 2.27. The molecule has 0 bridgehead atoms. The van der Waals surface area contributed by atoms with E-state index >= 15 is 0 Å². The Hall–Kier alpha value is -1.54. The van der Waals surface area contributed by atoms with Crippen LogP contribution < -0.4 is 0 Å². The number of benzene rings is 1. The van der Waals surface area contributed by atoms with Crippen molar-refractivity contribution in [3.8, 4) is 0 Å². The fraction of sp³-hybridized carbons (Fsp3) is 0.462. The molecule has 0 amide bonds. The average Bonchev–Trinajstić information content (AvgIpc) is 2.36. The summed E-state index contributed by atoms with van der Waals surface area (Å²) < 4.78 is 52.0. The molecule has 118 valence electrons. The molecule has 0 saturated carbocycles. The first kappa shape index (κ1) is 17.5. The molecule has 0 aliphatic rings. The Morgan fingerprint density at radius 3 is 2.38 bits per heavy atom. The van der Waals surface area contributed by atoms with Crippen LogP contribution in [-0.4, -0.2) is 36.4 Å². The molecule has 0 aliphatic heterocycles. The van der Waals surface area contributed by atoms with E-state index in [4.69, 9.17) is 5.11 Å². The lowest BCUT2D eigenvalue weighted by Gasteiger charge is -2.25. The lowest BCUT2D eigenvalue weighted by molar-refractivity contribution is -0.137. The fourth-order valence-corrected chi connectivity index (χ4v) is 3.50. The number of sulfonamides is 1. The predicted molar refractivity (Wildman–Crippen MR) is 72.3 cm³/mol. The Labute approximate surface area is 122 Å². The first-order chi connectivity index (χ1) is 9.66. The summed E-state index contributed by atoms with van der Waals surface area (Å²) in [5.41, 5.74) is 0. The molecular weight excluding hydrogens is 304 g/mol. The molecule has 0 unspecified atom stereocenters. The highest BCUT2D eigenvalue weighted by molar-refractivity contribution is 7.89. The zero-order valence-electron chi connectivity index (χ0n) is 11.7. The molecule has 0 atom stereocenters. The van der Waals surface area contributed by atoms with Gasteiger partial charge in [0.1, 0.15) is 0 Å². The monoisotopic (exact) mass is 321 g/mol. The molecule has 0 heterocycles. The van der Waals surface area contributed by atoms with Crippen molar-refractivity contribution in [2.45, 2.75) is 37.6 Å². The Morgan fingerprint density at radius 1 is 1.29 bits per heavy atom. The average molecular weight is 321 g/mol. The number of carbonyl (C=O) groups is 1. The van der Waals surface area contributed by atoms with Gasteiger partial charge >= 0.3 is 5.97 Å². The van der Waals surface area contributed by atoms with Gasteiger partial charge in [-0.15, -0.1) is 0 Å². The van der Waals surface area contributed by atoms with Crippen molar-refractivity contribution < 1.29 is 27.1 Å². The normalized spacial score (nSPS) is 12.1. The standard InChI is InChI=1S/C13H17F2NO4S/c1-9(2)16(7-3-4-13(17)18)21(19,20)10-5-6-11(14)12(15)8-10/h5-6,8-9H,3-4,7H2,1-2H3,(H,17,18). The van der Waals surface area contributed by atoms with Gasteiger partial charge in [0.25, 0.3) is 0 Å². The van der Waals surface area contributed by atoms with Crippen LogP contribution in [0.4, 0.5) is 8.78 Å². The molecule has 1 rings (SSSR count). The molecule has 0 aromatic heterocycles. The minimum atomic E-state index is -4.00. The Balaban J connectivity index is 3.04. The molecule has 1 N–H and O–H groups in total. The van der Waals surface area contributed by atoms with Crippen LogP contribution in [-0.2, 0) is 14.8 Å². The van der Waals surface area contributed by atoms with Crippen LogP contribution in [0, 0.1) is 11.6 Å². The topological polar surface area (TPSA) is 74.7 Å². The number of nitrogens with zero attached hydrogens (tertiary/aromatic N) is 1. The molecule has 0 radical (unpaired) electrons. The van der Waals surface area contributed by atoms with Crippen LogP contribution in [0.25, 0.3) is 0 Å². The summed E-state index contributed by atoms with van der Waals surface area (Å²) in [6.45, 7) is 3.24. The third kappa shape index (κ3) is 4.47. The van der Waals surface area contributed by atoms with E-state index < -0.39 is 33.7 Å². The summed E-state index contributed by atoms with van der Waals surface area (Å²) >= 11 is 0. The van der Waals surface area contributed by atoms with Gasteiger partial charge in [0, 0.05) is 19.0 Å². The largest absolute Gasteiger partial charge is 0.481 e. The third-order valence-corrected chi connectivity index (χ3v) is 4.91. The molecule has 0 fully saturated rings. The van der Waals surface area contributed by atoms with E-state index in [1.807, 2.05) is 0 Å². The van der Waals surface area contributed by atoms with Crippen molar-refractivity contribution in [1.82, 2.24) is 4.31 Å². The molecule has 0 saturated heterocycles. The van der Waals surface area contributed by atoms with Gasteiger partial charge < -0.3 is 5.11 Å². The van der Waals surface area contributed by atoms with E-state index in [0.717, 1.165) is 16.4 Å². The van der Waals surface area contributed by atoms with Gasteiger partial charge in [-0.3, -0.25) is 4.79 Å². The number of rotatable bonds is 7. The van der Waals surface area contributed by atoms with Crippen LogP contribution in [0.1, 0.15) is 26.7 Å². The Bertz CT molecular complexity index is 617. The zero-order valence-corrected chi connectivity index (χ0v) is 12.5. The van der Waals surface area contributed by atoms with Crippen LogP contribution in [0.3, 0.4) is 0 Å². The van der Waals surface area contributed by atoms with E-state index in [-0.39, 0.29) is 24.3 Å². The number of hydrogen-bond donors (Lipinski definition) is 1. The van der Waals surface area contributed by atoms with Gasteiger partial charge in [0.05, 0.1) is 4.90 Å². The van der Waals surface area contributed by atoms with Crippen molar-refractivity contribution in [1.29, 1.82) is 0 Å². The van der Waals surface area contributed by atoms with E-state index in [1.165, 1.54) is 0 Å². The zero-order chi connectivity index (χ0) is 16.2. The highest BCUT2D eigenvalue weighted by atomic mass is 32.2. The van der Waals surface area contributed by atoms with Crippen molar-refractivity contribution in [3.63, 3.8) is 0 Å². The van der Waals surface area contributed by atoms with Crippen molar-refractivity contribution >= 4 is 16.0 Å². The SMILES string of the molecule is CC(C)N(CCCC(=O)O)S(=O)(=O)c1ccc(F)c(F)c1. The second-order valence-electron chi connectivity index (χ2n) is 4.78. The number of hydrogen-bond acceptors (Lipinski definition) is 3. The third-order valence-electron chi connectivity index (χ3n) is 2.84. The van der Waals surface area contributed by atoms with E-state index in [0.29, 0.717) is 6.07 Å². The van der Waals surface area contributed by atoms with E-state index in [9.17, 15) is 22.0 Å². The van der Waals surface area contributed by atoms with Gasteiger partial charge in [-0.05, 0) is 38.5 Å². The van der Waals surface area contributed by atoms with Crippen LogP contribution in [0.15, 0.2) is 23.1 Å². The quantitative estimate of drug-likeness (QED) is 0.835. The molecule has 0 spiro atoms. The molecule has 1 aromatic rings. The predicted octanol–water partition coefficient (Wildman–Crippen LogP) is 2.23. The van der Waals surface area contributed by atoms with Gasteiger partial charge in [-0.1, -0.05) is 0 Å². The van der Waals surface area contributed by atoms with Crippen molar-refractivity contribution in [2.75, 3.05) is 6.54 Å². The van der Waals surface area contributed by atoms with Crippen LogP contribution in [0.2, 0.25) is 0 Å². The molecule has 5 nitrogen and oxygen atoms in total. The maximum absolute atomic E-state index is 13.2. The van der Waals surface area contributed by atoms with E-state index in [1.54, 1.807) is 13.8 Å². The summed E-state index contributed by atoms with van der Waals surface area (Å²) in [6.07, 6.45) is -0.0348. The summed E-state index contributed by atoms with van der Waals surface area (Å²) in [5, 5.41) is 8.59. The van der Waals surface area contributed by atoms with Crippen molar-refractivity contribution in [2.24, 2.45) is 0 Å². The molecule has 0 aliphatic carbocycles. The van der Waals surface area contributed by atoms with Gasteiger partial charge in [-0.25, -0.2) is 17.2 Å². The first-order valence-corrected chi connectivity index (χ1v) is 7.79. The second kappa shape index (κ2) is 6.95. The molecule has 1 aromatic carbocycles. The van der Waals surface area contributed by atoms with Crippen LogP contribution in [0.5, 0.6) is 0 Å². The summed E-state index contributed by atoms with van der Waals surface area (Å²) in [6, 6.07) is 1.92. The van der Waals surface area contributed by atoms with Crippen molar-refractivity contribution in [3.05, 3.63) is 29.8 Å². The first-order valence-electron chi connectivity index (χ1n) is 6.35. The van der Waals surface area contributed by atoms with Gasteiger partial charge in [0.15, 0.2) is 11.6 Å². The second-order valence-corrected chi connectivity index (χ2v) is 6.67. The lowest BCUT2D eigenvalue weighted by atomic mass is 10.3. The number of carboxylic acids is 1. The maximum atomic E-state index is 13.2. The lowest BCUT2D eigenvalue weighted by Crippen LogP contribution is -2.38. The summed E-state index contributed by atoms with van der Waals surface area (Å²) in [7, 11) is -4.00. The summed E-state index contributed by atoms with van der Waals surface area (Å²) in [4.78, 5) is 10.1. The van der Waals surface area contributed by atoms with Crippen LogP contribution >= 0.6 is 0 Å². The Kier molecular flexibility index (Phi) is 5.79. The maximum Gasteiger partial charge on any atom is 0.303 e. The van der Waals surface area contributed by atoms with E-state index in [2.05, 4.69) is 0 Å². The number of halogens is 2. The molecule has 21 heavy (non-hydrogen) atoms. The Morgan fingerprint density at radius 2 is 1.90 bits per heavy atom. The number of aliphatic carboxylic acids is 1. The highest BCUT2D eigenvalue weighted by Crippen LogP contribution is 2.21.